The number of hydrogen-bond donors (Lipinski definition) is 0. The van der Waals surface area contributed by atoms with Crippen LogP contribution in [-0.2, 0) is 16.0 Å². The first-order chi connectivity index (χ1) is 9.69. The molecule has 1 amide bonds. The lowest BCUT2D eigenvalue weighted by Gasteiger charge is -2.31. The average molecular weight is 294 g/mol. The largest absolute Gasteiger partial charge is 0.374 e. The second-order valence-electron chi connectivity index (χ2n) is 5.06. The molecule has 2 rings (SSSR count). The summed E-state index contributed by atoms with van der Waals surface area (Å²) in [7, 11) is 0. The third-order valence-corrected chi connectivity index (χ3v) is 4.33. The molecule has 2 heterocycles. The first-order valence-electron chi connectivity index (χ1n) is 7.10. The van der Waals surface area contributed by atoms with Crippen LogP contribution in [0.5, 0.6) is 0 Å². The SMILES string of the molecule is C=CCOC1CCN(C(=O)CCc2csc(C)n2)CC1. The van der Waals surface area contributed by atoms with E-state index < -0.39 is 0 Å². The van der Waals surface area contributed by atoms with Gasteiger partial charge in [-0.1, -0.05) is 6.08 Å². The van der Waals surface area contributed by atoms with Gasteiger partial charge in [-0.05, 0) is 26.2 Å². The minimum atomic E-state index is 0.234. The Bertz CT molecular complexity index is 450. The van der Waals surface area contributed by atoms with Crippen LogP contribution < -0.4 is 0 Å². The van der Waals surface area contributed by atoms with Crippen LogP contribution in [0, 0.1) is 6.92 Å². The minimum absolute atomic E-state index is 0.234. The van der Waals surface area contributed by atoms with Gasteiger partial charge < -0.3 is 9.64 Å². The molecule has 1 aliphatic heterocycles. The molecule has 1 fully saturated rings. The number of carbonyl (C=O) groups is 1. The van der Waals surface area contributed by atoms with Gasteiger partial charge in [-0.2, -0.15) is 0 Å². The maximum Gasteiger partial charge on any atom is 0.222 e. The topological polar surface area (TPSA) is 42.4 Å². The van der Waals surface area contributed by atoms with Crippen molar-refractivity contribution in [2.45, 2.75) is 38.7 Å². The van der Waals surface area contributed by atoms with E-state index in [2.05, 4.69) is 11.6 Å². The molecule has 1 aliphatic rings. The lowest BCUT2D eigenvalue weighted by molar-refractivity contribution is -0.133. The fourth-order valence-electron chi connectivity index (χ4n) is 2.39. The molecule has 0 N–H and O–H groups in total. The minimum Gasteiger partial charge on any atom is -0.374 e. The van der Waals surface area contributed by atoms with Crippen molar-refractivity contribution in [3.05, 3.63) is 28.7 Å². The first kappa shape index (κ1) is 15.2. The third kappa shape index (κ3) is 4.42. The van der Waals surface area contributed by atoms with Gasteiger partial charge in [-0.25, -0.2) is 4.98 Å². The summed E-state index contributed by atoms with van der Waals surface area (Å²) in [5.74, 6) is 0.234. The van der Waals surface area contributed by atoms with Crippen molar-refractivity contribution in [2.24, 2.45) is 0 Å². The Balaban J connectivity index is 1.70. The van der Waals surface area contributed by atoms with Crippen LogP contribution in [-0.4, -0.2) is 41.6 Å². The molecule has 0 saturated carbocycles. The molecular formula is C15H22N2O2S. The van der Waals surface area contributed by atoms with E-state index in [0.717, 1.165) is 43.1 Å². The van der Waals surface area contributed by atoms with E-state index in [4.69, 9.17) is 4.74 Å². The third-order valence-electron chi connectivity index (χ3n) is 3.51. The van der Waals surface area contributed by atoms with E-state index >= 15 is 0 Å². The van der Waals surface area contributed by atoms with E-state index in [0.29, 0.717) is 13.0 Å². The maximum atomic E-state index is 12.1. The Morgan fingerprint density at radius 1 is 1.60 bits per heavy atom. The monoisotopic (exact) mass is 294 g/mol. The van der Waals surface area contributed by atoms with E-state index in [1.165, 1.54) is 0 Å². The standard InChI is InChI=1S/C15H22N2O2S/c1-3-10-19-14-6-8-17(9-7-14)15(18)5-4-13-11-20-12(2)16-13/h3,11,14H,1,4-10H2,2H3. The zero-order valence-corrected chi connectivity index (χ0v) is 12.8. The number of amides is 1. The van der Waals surface area contributed by atoms with Crippen LogP contribution in [0.2, 0.25) is 0 Å². The molecule has 0 aromatic carbocycles. The predicted molar refractivity (Wildman–Crippen MR) is 80.9 cm³/mol. The van der Waals surface area contributed by atoms with Crippen LogP contribution in [0.4, 0.5) is 0 Å². The zero-order chi connectivity index (χ0) is 14.4. The van der Waals surface area contributed by atoms with Crippen molar-refractivity contribution in [3.63, 3.8) is 0 Å². The van der Waals surface area contributed by atoms with Gasteiger partial charge in [0.15, 0.2) is 0 Å². The molecule has 0 unspecified atom stereocenters. The number of carbonyl (C=O) groups excluding carboxylic acids is 1. The van der Waals surface area contributed by atoms with Crippen molar-refractivity contribution >= 4 is 17.2 Å². The quantitative estimate of drug-likeness (QED) is 0.757. The highest BCUT2D eigenvalue weighted by Gasteiger charge is 2.22. The highest BCUT2D eigenvalue weighted by Crippen LogP contribution is 2.16. The Labute approximate surface area is 124 Å². The van der Waals surface area contributed by atoms with E-state index in [1.807, 2.05) is 17.2 Å². The van der Waals surface area contributed by atoms with Gasteiger partial charge in [0.1, 0.15) is 0 Å². The van der Waals surface area contributed by atoms with Crippen molar-refractivity contribution in [3.8, 4) is 0 Å². The fraction of sp³-hybridized carbons (Fsp3) is 0.600. The molecule has 0 bridgehead atoms. The molecule has 0 spiro atoms. The van der Waals surface area contributed by atoms with E-state index in [-0.39, 0.29) is 12.0 Å². The van der Waals surface area contributed by atoms with Crippen LogP contribution >= 0.6 is 11.3 Å². The summed E-state index contributed by atoms with van der Waals surface area (Å²) in [5, 5.41) is 3.10. The predicted octanol–water partition coefficient (Wildman–Crippen LogP) is 2.58. The zero-order valence-electron chi connectivity index (χ0n) is 12.0. The van der Waals surface area contributed by atoms with Crippen molar-refractivity contribution in [1.82, 2.24) is 9.88 Å². The summed E-state index contributed by atoms with van der Waals surface area (Å²) >= 11 is 1.64. The second kappa shape index (κ2) is 7.55. The molecule has 110 valence electrons. The van der Waals surface area contributed by atoms with Gasteiger partial charge in [-0.15, -0.1) is 17.9 Å². The van der Waals surface area contributed by atoms with Gasteiger partial charge in [0.2, 0.25) is 5.91 Å². The van der Waals surface area contributed by atoms with Gasteiger partial charge in [-0.3, -0.25) is 4.79 Å². The number of aryl methyl sites for hydroxylation is 2. The molecular weight excluding hydrogens is 272 g/mol. The normalized spacial score (nSPS) is 16.4. The first-order valence-corrected chi connectivity index (χ1v) is 7.98. The van der Waals surface area contributed by atoms with Crippen LogP contribution in [0.1, 0.15) is 30.0 Å². The summed E-state index contributed by atoms with van der Waals surface area (Å²) in [6.45, 7) is 7.84. The summed E-state index contributed by atoms with van der Waals surface area (Å²) in [6, 6.07) is 0. The number of ether oxygens (including phenoxy) is 1. The number of thiazole rings is 1. The fourth-order valence-corrected chi connectivity index (χ4v) is 3.04. The molecule has 20 heavy (non-hydrogen) atoms. The van der Waals surface area contributed by atoms with E-state index in [9.17, 15) is 4.79 Å². The summed E-state index contributed by atoms with van der Waals surface area (Å²) < 4.78 is 5.63. The molecule has 4 nitrogen and oxygen atoms in total. The van der Waals surface area contributed by atoms with Crippen molar-refractivity contribution in [2.75, 3.05) is 19.7 Å². The number of aromatic nitrogens is 1. The van der Waals surface area contributed by atoms with Crippen molar-refractivity contribution in [1.29, 1.82) is 0 Å². The van der Waals surface area contributed by atoms with Crippen LogP contribution in [0.3, 0.4) is 0 Å². The molecule has 1 aromatic heterocycles. The molecule has 0 aliphatic carbocycles. The molecule has 0 atom stereocenters. The second-order valence-corrected chi connectivity index (χ2v) is 6.12. The van der Waals surface area contributed by atoms with Gasteiger partial charge in [0.05, 0.1) is 23.4 Å². The Morgan fingerprint density at radius 3 is 2.95 bits per heavy atom. The molecule has 5 heteroatoms. The molecule has 0 radical (unpaired) electrons. The summed E-state index contributed by atoms with van der Waals surface area (Å²) in [4.78, 5) is 18.5. The Kier molecular flexibility index (Phi) is 5.73. The van der Waals surface area contributed by atoms with Gasteiger partial charge in [0.25, 0.3) is 0 Å². The van der Waals surface area contributed by atoms with Gasteiger partial charge in [0, 0.05) is 24.9 Å². The van der Waals surface area contributed by atoms with Crippen LogP contribution in [0.25, 0.3) is 0 Å². The smallest absolute Gasteiger partial charge is 0.222 e. The van der Waals surface area contributed by atoms with Crippen molar-refractivity contribution < 1.29 is 9.53 Å². The number of nitrogens with zero attached hydrogens (tertiary/aromatic N) is 2. The van der Waals surface area contributed by atoms with Crippen LogP contribution in [0.15, 0.2) is 18.0 Å². The number of piperidine rings is 1. The highest BCUT2D eigenvalue weighted by molar-refractivity contribution is 7.09. The number of likely N-dealkylation sites (tertiary alicyclic amines) is 1. The summed E-state index contributed by atoms with van der Waals surface area (Å²) in [6.07, 6.45) is 5.20. The Hall–Kier alpha value is -1.20. The average Bonchev–Trinajstić information content (AvgIpc) is 2.89. The number of hydrogen-bond acceptors (Lipinski definition) is 4. The van der Waals surface area contributed by atoms with E-state index in [1.54, 1.807) is 17.4 Å². The Morgan fingerprint density at radius 2 is 2.35 bits per heavy atom. The lowest BCUT2D eigenvalue weighted by Crippen LogP contribution is -2.41. The maximum absolute atomic E-state index is 12.1. The summed E-state index contributed by atoms with van der Waals surface area (Å²) in [5.41, 5.74) is 1.03. The number of rotatable bonds is 6. The molecule has 1 aromatic rings. The highest BCUT2D eigenvalue weighted by atomic mass is 32.1. The van der Waals surface area contributed by atoms with Gasteiger partial charge >= 0.3 is 0 Å². The molecule has 1 saturated heterocycles. The lowest BCUT2D eigenvalue weighted by atomic mass is 10.1.